The first-order chi connectivity index (χ1) is 6.67. The monoisotopic (exact) mass is 194 g/mol. The van der Waals surface area contributed by atoms with Crippen LogP contribution in [0.4, 0.5) is 4.39 Å². The van der Waals surface area contributed by atoms with Gasteiger partial charge in [-0.1, -0.05) is 19.6 Å². The van der Waals surface area contributed by atoms with Crippen molar-refractivity contribution < 1.29 is 9.13 Å². The minimum absolute atomic E-state index is 0.151. The van der Waals surface area contributed by atoms with Gasteiger partial charge < -0.3 is 4.74 Å². The zero-order chi connectivity index (χ0) is 10.6. The van der Waals surface area contributed by atoms with Crippen molar-refractivity contribution in [3.63, 3.8) is 0 Å². The highest BCUT2D eigenvalue weighted by Crippen LogP contribution is 2.19. The minimum atomic E-state index is -0.267. The van der Waals surface area contributed by atoms with Crippen molar-refractivity contribution in [2.45, 2.75) is 26.4 Å². The molecule has 0 aliphatic heterocycles. The van der Waals surface area contributed by atoms with Crippen molar-refractivity contribution in [1.82, 2.24) is 0 Å². The number of halogens is 1. The molecule has 0 spiro atoms. The molecule has 0 radical (unpaired) electrons. The van der Waals surface area contributed by atoms with Crippen molar-refractivity contribution in [3.8, 4) is 5.75 Å². The molecule has 76 valence electrons. The Balaban J connectivity index is 2.84. The maximum atomic E-state index is 13.1. The highest BCUT2D eigenvalue weighted by Gasteiger charge is 2.04. The first-order valence-corrected chi connectivity index (χ1v) is 4.76. The number of benzene rings is 1. The summed E-state index contributed by atoms with van der Waals surface area (Å²) in [5.41, 5.74) is 0.478. The topological polar surface area (TPSA) is 9.23 Å². The fourth-order valence-corrected chi connectivity index (χ4v) is 1.07. The smallest absolute Gasteiger partial charge is 0.130 e. The maximum Gasteiger partial charge on any atom is 0.130 e. The summed E-state index contributed by atoms with van der Waals surface area (Å²) in [5, 5.41) is 0. The molecule has 0 heterocycles. The molecule has 14 heavy (non-hydrogen) atoms. The Hall–Kier alpha value is -1.31. The van der Waals surface area contributed by atoms with Gasteiger partial charge >= 0.3 is 0 Å². The van der Waals surface area contributed by atoms with Gasteiger partial charge in [0.05, 0.1) is 6.10 Å². The molecule has 1 atom stereocenters. The predicted octanol–water partition coefficient (Wildman–Crippen LogP) is 3.65. The first-order valence-electron chi connectivity index (χ1n) is 4.76. The van der Waals surface area contributed by atoms with Crippen LogP contribution in [0.25, 0.3) is 6.08 Å². The Bertz CT molecular complexity index is 320. The maximum absolute atomic E-state index is 13.1. The molecule has 0 amide bonds. The van der Waals surface area contributed by atoms with E-state index in [4.69, 9.17) is 4.74 Å². The Morgan fingerprint density at radius 2 is 2.29 bits per heavy atom. The number of rotatable bonds is 4. The van der Waals surface area contributed by atoms with Crippen molar-refractivity contribution >= 4 is 6.08 Å². The van der Waals surface area contributed by atoms with Crippen LogP contribution >= 0.6 is 0 Å². The highest BCUT2D eigenvalue weighted by molar-refractivity contribution is 5.50. The van der Waals surface area contributed by atoms with Gasteiger partial charge in [0, 0.05) is 5.56 Å². The molecule has 1 aromatic carbocycles. The Labute approximate surface area is 84.2 Å². The normalized spacial score (nSPS) is 12.2. The van der Waals surface area contributed by atoms with Gasteiger partial charge in [-0.25, -0.2) is 4.39 Å². The van der Waals surface area contributed by atoms with Crippen LogP contribution in [0.5, 0.6) is 5.75 Å². The average Bonchev–Trinajstić information content (AvgIpc) is 2.20. The predicted molar refractivity (Wildman–Crippen MR) is 56.9 cm³/mol. The summed E-state index contributed by atoms with van der Waals surface area (Å²) in [6.07, 6.45) is 2.57. The Morgan fingerprint density at radius 1 is 1.57 bits per heavy atom. The third-order valence-electron chi connectivity index (χ3n) is 2.10. The molecule has 1 nitrogen and oxygen atoms in total. The third-order valence-corrected chi connectivity index (χ3v) is 2.10. The van der Waals surface area contributed by atoms with Crippen molar-refractivity contribution in [3.05, 3.63) is 36.2 Å². The van der Waals surface area contributed by atoms with Crippen LogP contribution in [0.1, 0.15) is 25.8 Å². The van der Waals surface area contributed by atoms with Gasteiger partial charge in [0.15, 0.2) is 0 Å². The van der Waals surface area contributed by atoms with E-state index in [9.17, 15) is 4.39 Å². The lowest BCUT2D eigenvalue weighted by Crippen LogP contribution is -2.09. The molecule has 0 saturated heterocycles. The molecule has 0 N–H and O–H groups in total. The fraction of sp³-hybridized carbons (Fsp3) is 0.333. The molecule has 0 aromatic heterocycles. The van der Waals surface area contributed by atoms with Gasteiger partial charge in [0.2, 0.25) is 0 Å². The van der Waals surface area contributed by atoms with Crippen molar-refractivity contribution in [2.75, 3.05) is 0 Å². The molecule has 0 aliphatic carbocycles. The third kappa shape index (κ3) is 2.59. The van der Waals surface area contributed by atoms with Crippen LogP contribution in [0.15, 0.2) is 24.8 Å². The Morgan fingerprint density at radius 3 is 2.86 bits per heavy atom. The summed E-state index contributed by atoms with van der Waals surface area (Å²) in [6, 6.07) is 4.69. The van der Waals surface area contributed by atoms with E-state index >= 15 is 0 Å². The minimum Gasteiger partial charge on any atom is -0.491 e. The lowest BCUT2D eigenvalue weighted by molar-refractivity contribution is 0.217. The van der Waals surface area contributed by atoms with Crippen LogP contribution in [0.2, 0.25) is 0 Å². The number of hydrogen-bond donors (Lipinski definition) is 0. The summed E-state index contributed by atoms with van der Waals surface area (Å²) in [4.78, 5) is 0. The molecule has 2 heteroatoms. The summed E-state index contributed by atoms with van der Waals surface area (Å²) >= 11 is 0. The van der Waals surface area contributed by atoms with Crippen LogP contribution in [-0.2, 0) is 0 Å². The second-order valence-electron chi connectivity index (χ2n) is 3.22. The summed E-state index contributed by atoms with van der Waals surface area (Å²) in [7, 11) is 0. The number of ether oxygens (including phenoxy) is 1. The van der Waals surface area contributed by atoms with Gasteiger partial charge in [-0.05, 0) is 31.5 Å². The first kappa shape index (κ1) is 10.8. The summed E-state index contributed by atoms with van der Waals surface area (Å²) in [6.45, 7) is 7.56. The molecule has 0 saturated carbocycles. The van der Waals surface area contributed by atoms with E-state index in [0.29, 0.717) is 11.3 Å². The molecule has 0 fully saturated rings. The molecule has 1 aromatic rings. The van der Waals surface area contributed by atoms with E-state index < -0.39 is 0 Å². The van der Waals surface area contributed by atoms with Crippen LogP contribution < -0.4 is 4.74 Å². The second-order valence-corrected chi connectivity index (χ2v) is 3.22. The second kappa shape index (κ2) is 4.80. The molecular formula is C12H15FO. The quantitative estimate of drug-likeness (QED) is 0.711. The summed E-state index contributed by atoms with van der Waals surface area (Å²) in [5.74, 6) is 0.423. The van der Waals surface area contributed by atoms with Gasteiger partial charge in [0.1, 0.15) is 11.6 Å². The van der Waals surface area contributed by atoms with E-state index in [-0.39, 0.29) is 11.9 Å². The zero-order valence-electron chi connectivity index (χ0n) is 8.59. The van der Waals surface area contributed by atoms with E-state index in [1.165, 1.54) is 12.1 Å². The van der Waals surface area contributed by atoms with E-state index in [1.54, 1.807) is 12.1 Å². The number of hydrogen-bond acceptors (Lipinski definition) is 1. The SMILES string of the molecule is C=Cc1cc(O[C@H](C)CC)ccc1F. The average molecular weight is 194 g/mol. The van der Waals surface area contributed by atoms with Crippen LogP contribution in [0.3, 0.4) is 0 Å². The van der Waals surface area contributed by atoms with Gasteiger partial charge in [-0.15, -0.1) is 0 Å². The van der Waals surface area contributed by atoms with Gasteiger partial charge in [-0.2, -0.15) is 0 Å². The van der Waals surface area contributed by atoms with Crippen molar-refractivity contribution in [1.29, 1.82) is 0 Å². The molecule has 0 aliphatic rings. The van der Waals surface area contributed by atoms with Crippen LogP contribution in [-0.4, -0.2) is 6.10 Å². The van der Waals surface area contributed by atoms with Gasteiger partial charge in [-0.3, -0.25) is 0 Å². The molecule has 0 bridgehead atoms. The van der Waals surface area contributed by atoms with Gasteiger partial charge in [0.25, 0.3) is 0 Å². The van der Waals surface area contributed by atoms with Crippen molar-refractivity contribution in [2.24, 2.45) is 0 Å². The lowest BCUT2D eigenvalue weighted by atomic mass is 10.2. The van der Waals surface area contributed by atoms with E-state index in [1.807, 2.05) is 13.8 Å². The fourth-order valence-electron chi connectivity index (χ4n) is 1.07. The zero-order valence-corrected chi connectivity index (χ0v) is 8.59. The molecule has 1 rings (SSSR count). The molecule has 0 unspecified atom stereocenters. The van der Waals surface area contributed by atoms with Crippen LogP contribution in [0, 0.1) is 5.82 Å². The lowest BCUT2D eigenvalue weighted by Gasteiger charge is -2.12. The molecular weight excluding hydrogens is 179 g/mol. The standard InChI is InChI=1S/C12H15FO/c1-4-9(3)14-11-6-7-12(13)10(5-2)8-11/h5-9H,2,4H2,1,3H3/t9-/m1/s1. The highest BCUT2D eigenvalue weighted by atomic mass is 19.1. The largest absolute Gasteiger partial charge is 0.491 e. The summed E-state index contributed by atoms with van der Waals surface area (Å²) < 4.78 is 18.6. The van der Waals surface area contributed by atoms with E-state index in [2.05, 4.69) is 6.58 Å². The Kier molecular flexibility index (Phi) is 3.69. The van der Waals surface area contributed by atoms with E-state index in [0.717, 1.165) is 6.42 Å².